The molecule has 0 bridgehead atoms. The summed E-state index contributed by atoms with van der Waals surface area (Å²) in [5.41, 5.74) is 0.932. The van der Waals surface area contributed by atoms with Gasteiger partial charge in [0.2, 0.25) is 5.91 Å². The van der Waals surface area contributed by atoms with Gasteiger partial charge in [-0.25, -0.2) is 4.79 Å². The van der Waals surface area contributed by atoms with E-state index >= 15 is 0 Å². The van der Waals surface area contributed by atoms with Crippen LogP contribution in [0.2, 0.25) is 0 Å². The molecule has 1 atom stereocenters. The molecule has 1 aliphatic rings. The molecule has 1 heterocycles. The zero-order valence-electron chi connectivity index (χ0n) is 14.6. The summed E-state index contributed by atoms with van der Waals surface area (Å²) in [6.07, 6.45) is 5.14. The van der Waals surface area contributed by atoms with Gasteiger partial charge in [-0.05, 0) is 12.5 Å². The van der Waals surface area contributed by atoms with Gasteiger partial charge in [0.25, 0.3) is 0 Å². The van der Waals surface area contributed by atoms with Gasteiger partial charge in [0.15, 0.2) is 0 Å². The number of terminal acetylenes is 1. The summed E-state index contributed by atoms with van der Waals surface area (Å²) in [5.74, 6) is 2.09. The summed E-state index contributed by atoms with van der Waals surface area (Å²) in [4.78, 5) is 28.4. The molecule has 1 aromatic rings. The molecule has 1 aromatic carbocycles. The number of nitrogens with zero attached hydrogens (tertiary/aromatic N) is 2. The highest BCUT2D eigenvalue weighted by Gasteiger charge is 2.31. The van der Waals surface area contributed by atoms with Crippen molar-refractivity contribution in [2.75, 3.05) is 45.9 Å². The summed E-state index contributed by atoms with van der Waals surface area (Å²) in [7, 11) is 0. The van der Waals surface area contributed by atoms with Crippen molar-refractivity contribution < 1.29 is 14.3 Å². The van der Waals surface area contributed by atoms with Gasteiger partial charge < -0.3 is 10.1 Å². The Bertz CT molecular complexity index is 604. The third-order valence-electron chi connectivity index (χ3n) is 4.15. The lowest BCUT2D eigenvalue weighted by Gasteiger charge is -2.38. The second-order valence-corrected chi connectivity index (χ2v) is 5.86. The van der Waals surface area contributed by atoms with E-state index in [2.05, 4.69) is 21.0 Å². The monoisotopic (exact) mass is 343 g/mol. The standard InChI is InChI=1S/C19H25N3O3/c1-3-10-20-17(23)15-21-11-13-22(14-12-21)18(19(24)25-4-2)16-8-6-5-7-9-16/h1,5-9,18H,4,10-15H2,2H3,(H,20,23)/t18-/m1/s1. The topological polar surface area (TPSA) is 61.9 Å². The first kappa shape index (κ1) is 19.0. The van der Waals surface area contributed by atoms with Crippen LogP contribution in [0, 0.1) is 12.3 Å². The average Bonchev–Trinajstić information content (AvgIpc) is 2.63. The van der Waals surface area contributed by atoms with Crippen molar-refractivity contribution in [3.05, 3.63) is 35.9 Å². The molecule has 0 saturated carbocycles. The third kappa shape index (κ3) is 5.59. The molecule has 6 heteroatoms. The third-order valence-corrected chi connectivity index (χ3v) is 4.15. The van der Waals surface area contributed by atoms with E-state index in [1.807, 2.05) is 37.3 Å². The second kappa shape index (κ2) is 9.82. The molecule has 1 fully saturated rings. The van der Waals surface area contributed by atoms with Crippen LogP contribution in [0.15, 0.2) is 30.3 Å². The van der Waals surface area contributed by atoms with E-state index in [1.165, 1.54) is 0 Å². The van der Waals surface area contributed by atoms with Crippen LogP contribution in [0.25, 0.3) is 0 Å². The number of amides is 1. The highest BCUT2D eigenvalue weighted by molar-refractivity contribution is 5.78. The number of hydrogen-bond donors (Lipinski definition) is 1. The van der Waals surface area contributed by atoms with Gasteiger partial charge in [0.1, 0.15) is 6.04 Å². The molecule has 134 valence electrons. The van der Waals surface area contributed by atoms with E-state index in [9.17, 15) is 9.59 Å². The minimum Gasteiger partial charge on any atom is -0.465 e. The molecule has 0 unspecified atom stereocenters. The van der Waals surface area contributed by atoms with Crippen molar-refractivity contribution in [3.8, 4) is 12.3 Å². The number of piperazine rings is 1. The van der Waals surface area contributed by atoms with Crippen LogP contribution < -0.4 is 5.32 Å². The Labute approximate surface area is 149 Å². The number of nitrogens with one attached hydrogen (secondary N) is 1. The van der Waals surface area contributed by atoms with E-state index in [0.717, 1.165) is 5.56 Å². The summed E-state index contributed by atoms with van der Waals surface area (Å²) in [6.45, 7) is 5.56. The number of carbonyl (C=O) groups excluding carboxylic acids is 2. The largest absolute Gasteiger partial charge is 0.465 e. The van der Waals surface area contributed by atoms with Gasteiger partial charge in [0, 0.05) is 26.2 Å². The van der Waals surface area contributed by atoms with Gasteiger partial charge in [0.05, 0.1) is 19.7 Å². The average molecular weight is 343 g/mol. The lowest BCUT2D eigenvalue weighted by Crippen LogP contribution is -2.51. The number of esters is 1. The molecule has 0 spiro atoms. The maximum atomic E-state index is 12.5. The molecule has 25 heavy (non-hydrogen) atoms. The zero-order chi connectivity index (χ0) is 18.1. The Balaban J connectivity index is 1.96. The fourth-order valence-electron chi connectivity index (χ4n) is 2.94. The molecule has 1 aliphatic heterocycles. The number of carbonyl (C=O) groups is 2. The molecule has 1 saturated heterocycles. The molecular formula is C19H25N3O3. The van der Waals surface area contributed by atoms with Crippen molar-refractivity contribution in [1.82, 2.24) is 15.1 Å². The summed E-state index contributed by atoms with van der Waals surface area (Å²) in [5, 5.41) is 2.67. The molecule has 1 amide bonds. The van der Waals surface area contributed by atoms with E-state index in [4.69, 9.17) is 11.2 Å². The summed E-state index contributed by atoms with van der Waals surface area (Å²) < 4.78 is 5.27. The van der Waals surface area contributed by atoms with Crippen molar-refractivity contribution in [1.29, 1.82) is 0 Å². The quantitative estimate of drug-likeness (QED) is 0.582. The predicted molar refractivity (Wildman–Crippen MR) is 95.7 cm³/mol. The zero-order valence-corrected chi connectivity index (χ0v) is 14.6. The number of benzene rings is 1. The maximum absolute atomic E-state index is 12.5. The van der Waals surface area contributed by atoms with Crippen molar-refractivity contribution >= 4 is 11.9 Å². The minimum atomic E-state index is -0.404. The molecular weight excluding hydrogens is 318 g/mol. The lowest BCUT2D eigenvalue weighted by molar-refractivity contribution is -0.151. The Kier molecular flexibility index (Phi) is 7.45. The van der Waals surface area contributed by atoms with Crippen molar-refractivity contribution in [2.24, 2.45) is 0 Å². The maximum Gasteiger partial charge on any atom is 0.328 e. The fraction of sp³-hybridized carbons (Fsp3) is 0.474. The van der Waals surface area contributed by atoms with E-state index in [-0.39, 0.29) is 18.4 Å². The SMILES string of the molecule is C#CCNC(=O)CN1CCN([C@@H](C(=O)OCC)c2ccccc2)CC1. The molecule has 0 aliphatic carbocycles. The Morgan fingerprint density at radius 2 is 1.92 bits per heavy atom. The lowest BCUT2D eigenvalue weighted by atomic mass is 10.0. The van der Waals surface area contributed by atoms with E-state index < -0.39 is 6.04 Å². The predicted octanol–water partition coefficient (Wildman–Crippen LogP) is 0.658. The van der Waals surface area contributed by atoms with Gasteiger partial charge in [-0.2, -0.15) is 0 Å². The highest BCUT2D eigenvalue weighted by atomic mass is 16.5. The molecule has 0 radical (unpaired) electrons. The van der Waals surface area contributed by atoms with Crippen LogP contribution in [0.5, 0.6) is 0 Å². The van der Waals surface area contributed by atoms with Crippen LogP contribution in [0.4, 0.5) is 0 Å². The van der Waals surface area contributed by atoms with Gasteiger partial charge in [-0.1, -0.05) is 36.3 Å². The fourth-order valence-corrected chi connectivity index (χ4v) is 2.94. The van der Waals surface area contributed by atoms with Gasteiger partial charge in [-0.3, -0.25) is 14.6 Å². The summed E-state index contributed by atoms with van der Waals surface area (Å²) >= 11 is 0. The molecule has 2 rings (SSSR count). The highest BCUT2D eigenvalue weighted by Crippen LogP contribution is 2.23. The van der Waals surface area contributed by atoms with Crippen LogP contribution in [-0.4, -0.2) is 67.6 Å². The van der Waals surface area contributed by atoms with E-state index in [0.29, 0.717) is 39.3 Å². The van der Waals surface area contributed by atoms with E-state index in [1.54, 1.807) is 0 Å². The summed E-state index contributed by atoms with van der Waals surface area (Å²) in [6, 6.07) is 9.26. The van der Waals surface area contributed by atoms with Crippen LogP contribution in [-0.2, 0) is 14.3 Å². The first-order chi connectivity index (χ1) is 12.2. The van der Waals surface area contributed by atoms with Gasteiger partial charge >= 0.3 is 5.97 Å². The number of rotatable bonds is 7. The first-order valence-corrected chi connectivity index (χ1v) is 8.53. The van der Waals surface area contributed by atoms with Crippen LogP contribution >= 0.6 is 0 Å². The minimum absolute atomic E-state index is 0.0728. The number of ether oxygens (including phenoxy) is 1. The van der Waals surface area contributed by atoms with Crippen molar-refractivity contribution in [2.45, 2.75) is 13.0 Å². The normalized spacial score (nSPS) is 16.6. The number of hydrogen-bond acceptors (Lipinski definition) is 5. The van der Waals surface area contributed by atoms with Gasteiger partial charge in [-0.15, -0.1) is 6.42 Å². The Hall–Kier alpha value is -2.36. The molecule has 0 aromatic heterocycles. The Morgan fingerprint density at radius 3 is 2.52 bits per heavy atom. The molecule has 6 nitrogen and oxygen atoms in total. The first-order valence-electron chi connectivity index (χ1n) is 8.53. The van der Waals surface area contributed by atoms with Crippen LogP contribution in [0.1, 0.15) is 18.5 Å². The second-order valence-electron chi connectivity index (χ2n) is 5.86. The smallest absolute Gasteiger partial charge is 0.328 e. The van der Waals surface area contributed by atoms with Crippen molar-refractivity contribution in [3.63, 3.8) is 0 Å². The van der Waals surface area contributed by atoms with Crippen LogP contribution in [0.3, 0.4) is 0 Å². The molecule has 1 N–H and O–H groups in total. The Morgan fingerprint density at radius 1 is 1.24 bits per heavy atom.